The van der Waals surface area contributed by atoms with Crippen molar-refractivity contribution in [1.29, 1.82) is 0 Å². The van der Waals surface area contributed by atoms with E-state index >= 15 is 0 Å². The van der Waals surface area contributed by atoms with Crippen molar-refractivity contribution in [3.05, 3.63) is 15.5 Å². The number of nitrogens with zero attached hydrogens (tertiary/aromatic N) is 2. The molecule has 1 N–H and O–H groups in total. The summed E-state index contributed by atoms with van der Waals surface area (Å²) in [5.74, 6) is 0. The van der Waals surface area contributed by atoms with E-state index in [1.165, 1.54) is 22.6 Å². The second-order valence-electron chi connectivity index (χ2n) is 3.53. The number of likely N-dealkylation sites (tertiary alicyclic amines) is 1. The molecule has 1 aromatic heterocycles. The van der Waals surface area contributed by atoms with Gasteiger partial charge in [0.2, 0.25) is 0 Å². The zero-order valence-electron chi connectivity index (χ0n) is 7.82. The van der Waals surface area contributed by atoms with Gasteiger partial charge in [-0.15, -0.1) is 11.3 Å². The lowest BCUT2D eigenvalue weighted by atomic mass is 10.2. The molecule has 1 saturated heterocycles. The minimum atomic E-state index is 0.256. The molecule has 1 aliphatic rings. The van der Waals surface area contributed by atoms with E-state index < -0.39 is 0 Å². The van der Waals surface area contributed by atoms with Crippen LogP contribution in [0.15, 0.2) is 6.20 Å². The number of hydrogen-bond acceptors (Lipinski definition) is 4. The SMILES string of the molecule is OC[C@@H]1CCCN1Cc1cnc(Cl)s1. The minimum absolute atomic E-state index is 0.256. The summed E-state index contributed by atoms with van der Waals surface area (Å²) in [5, 5.41) is 9.14. The van der Waals surface area contributed by atoms with Crippen molar-refractivity contribution in [3.8, 4) is 0 Å². The molecule has 0 bridgehead atoms. The Morgan fingerprint density at radius 1 is 1.71 bits per heavy atom. The number of aliphatic hydroxyl groups excluding tert-OH is 1. The number of thiazole rings is 1. The van der Waals surface area contributed by atoms with E-state index in [0.717, 1.165) is 19.5 Å². The van der Waals surface area contributed by atoms with Crippen LogP contribution < -0.4 is 0 Å². The maximum Gasteiger partial charge on any atom is 0.183 e. The van der Waals surface area contributed by atoms with Gasteiger partial charge in [0.15, 0.2) is 4.47 Å². The van der Waals surface area contributed by atoms with Crippen molar-refractivity contribution < 1.29 is 5.11 Å². The maximum absolute atomic E-state index is 9.14. The molecule has 0 spiro atoms. The molecule has 2 heterocycles. The topological polar surface area (TPSA) is 36.4 Å². The highest BCUT2D eigenvalue weighted by atomic mass is 35.5. The third-order valence-corrected chi connectivity index (χ3v) is 3.69. The van der Waals surface area contributed by atoms with E-state index in [-0.39, 0.29) is 6.61 Å². The first-order valence-electron chi connectivity index (χ1n) is 4.74. The maximum atomic E-state index is 9.14. The Labute approximate surface area is 92.3 Å². The monoisotopic (exact) mass is 232 g/mol. The van der Waals surface area contributed by atoms with E-state index in [4.69, 9.17) is 16.7 Å². The summed E-state index contributed by atoms with van der Waals surface area (Å²) in [4.78, 5) is 7.48. The summed E-state index contributed by atoms with van der Waals surface area (Å²) in [6.07, 6.45) is 4.10. The fraction of sp³-hybridized carbons (Fsp3) is 0.667. The van der Waals surface area contributed by atoms with Crippen LogP contribution in [0.25, 0.3) is 0 Å². The molecule has 14 heavy (non-hydrogen) atoms. The van der Waals surface area contributed by atoms with E-state index in [9.17, 15) is 0 Å². The predicted molar refractivity (Wildman–Crippen MR) is 57.6 cm³/mol. The molecule has 0 aromatic carbocycles. The van der Waals surface area contributed by atoms with Gasteiger partial charge in [-0.05, 0) is 19.4 Å². The molecule has 1 aromatic rings. The van der Waals surface area contributed by atoms with E-state index in [0.29, 0.717) is 10.5 Å². The van der Waals surface area contributed by atoms with Crippen LogP contribution in [0.1, 0.15) is 17.7 Å². The molecule has 0 radical (unpaired) electrons. The molecule has 1 atom stereocenters. The Balaban J connectivity index is 1.96. The second kappa shape index (κ2) is 4.57. The second-order valence-corrected chi connectivity index (χ2v) is 5.23. The third-order valence-electron chi connectivity index (χ3n) is 2.59. The lowest BCUT2D eigenvalue weighted by molar-refractivity contribution is 0.154. The van der Waals surface area contributed by atoms with Gasteiger partial charge in [0, 0.05) is 23.7 Å². The summed E-state index contributed by atoms with van der Waals surface area (Å²) >= 11 is 7.27. The van der Waals surface area contributed by atoms with Crippen molar-refractivity contribution in [1.82, 2.24) is 9.88 Å². The average Bonchev–Trinajstić information content (AvgIpc) is 2.76. The highest BCUT2D eigenvalue weighted by molar-refractivity contribution is 7.15. The normalized spacial score (nSPS) is 23.1. The molecule has 2 rings (SSSR count). The van der Waals surface area contributed by atoms with Crippen molar-refractivity contribution in [2.75, 3.05) is 13.2 Å². The summed E-state index contributed by atoms with van der Waals surface area (Å²) in [6.45, 7) is 2.20. The Bertz CT molecular complexity index is 305. The van der Waals surface area contributed by atoms with Crippen LogP contribution in [0.5, 0.6) is 0 Å². The molecule has 5 heteroatoms. The van der Waals surface area contributed by atoms with Crippen LogP contribution in [0, 0.1) is 0 Å². The van der Waals surface area contributed by atoms with Crippen LogP contribution in [-0.2, 0) is 6.54 Å². The van der Waals surface area contributed by atoms with Crippen molar-refractivity contribution in [3.63, 3.8) is 0 Å². The Morgan fingerprint density at radius 2 is 2.57 bits per heavy atom. The molecule has 0 unspecified atom stereocenters. The molecule has 1 aliphatic heterocycles. The summed E-state index contributed by atoms with van der Waals surface area (Å²) < 4.78 is 0.597. The molecule has 78 valence electrons. The fourth-order valence-corrected chi connectivity index (χ4v) is 2.87. The first-order chi connectivity index (χ1) is 6.79. The minimum Gasteiger partial charge on any atom is -0.395 e. The number of halogens is 1. The first-order valence-corrected chi connectivity index (χ1v) is 5.94. The quantitative estimate of drug-likeness (QED) is 0.863. The molecular weight excluding hydrogens is 220 g/mol. The van der Waals surface area contributed by atoms with Gasteiger partial charge in [-0.1, -0.05) is 11.6 Å². The smallest absolute Gasteiger partial charge is 0.183 e. The molecule has 1 fully saturated rings. The Kier molecular flexibility index (Phi) is 3.38. The van der Waals surface area contributed by atoms with Crippen molar-refractivity contribution in [2.24, 2.45) is 0 Å². The van der Waals surface area contributed by atoms with E-state index in [2.05, 4.69) is 9.88 Å². The lowest BCUT2D eigenvalue weighted by Gasteiger charge is -2.21. The van der Waals surface area contributed by atoms with Crippen LogP contribution in [-0.4, -0.2) is 34.2 Å². The average molecular weight is 233 g/mol. The zero-order chi connectivity index (χ0) is 9.97. The van der Waals surface area contributed by atoms with Gasteiger partial charge in [-0.25, -0.2) is 4.98 Å². The van der Waals surface area contributed by atoms with Crippen molar-refractivity contribution in [2.45, 2.75) is 25.4 Å². The molecule has 3 nitrogen and oxygen atoms in total. The van der Waals surface area contributed by atoms with Gasteiger partial charge < -0.3 is 5.11 Å². The van der Waals surface area contributed by atoms with Gasteiger partial charge in [0.25, 0.3) is 0 Å². The lowest BCUT2D eigenvalue weighted by Crippen LogP contribution is -2.31. The Morgan fingerprint density at radius 3 is 3.21 bits per heavy atom. The molecule has 0 amide bonds. The third kappa shape index (κ3) is 2.25. The van der Waals surface area contributed by atoms with Gasteiger partial charge in [0.05, 0.1) is 6.61 Å². The predicted octanol–water partition coefficient (Wildman–Crippen LogP) is 1.75. The summed E-state index contributed by atoms with van der Waals surface area (Å²) in [5.41, 5.74) is 0. The zero-order valence-corrected chi connectivity index (χ0v) is 9.39. The summed E-state index contributed by atoms with van der Waals surface area (Å²) in [6, 6.07) is 0.330. The number of aliphatic hydroxyl groups is 1. The Hall–Kier alpha value is -0.160. The molecular formula is C9H13ClN2OS. The van der Waals surface area contributed by atoms with Gasteiger partial charge in [-0.3, -0.25) is 4.90 Å². The van der Waals surface area contributed by atoms with Gasteiger partial charge in [0.1, 0.15) is 0 Å². The van der Waals surface area contributed by atoms with Gasteiger partial charge >= 0.3 is 0 Å². The van der Waals surface area contributed by atoms with E-state index in [1.807, 2.05) is 6.20 Å². The standard InChI is InChI=1S/C9H13ClN2OS/c10-9-11-4-8(14-9)5-12-3-1-2-7(12)6-13/h4,7,13H,1-3,5-6H2/t7-/m0/s1. The van der Waals surface area contributed by atoms with Crippen LogP contribution >= 0.6 is 22.9 Å². The van der Waals surface area contributed by atoms with E-state index in [1.54, 1.807) is 0 Å². The van der Waals surface area contributed by atoms with Crippen LogP contribution in [0.3, 0.4) is 0 Å². The largest absolute Gasteiger partial charge is 0.395 e. The first kappa shape index (κ1) is 10.4. The number of rotatable bonds is 3. The highest BCUT2D eigenvalue weighted by Crippen LogP contribution is 2.24. The molecule has 0 saturated carbocycles. The highest BCUT2D eigenvalue weighted by Gasteiger charge is 2.23. The van der Waals surface area contributed by atoms with Crippen LogP contribution in [0.2, 0.25) is 4.47 Å². The fourth-order valence-electron chi connectivity index (χ4n) is 1.87. The van der Waals surface area contributed by atoms with Crippen LogP contribution in [0.4, 0.5) is 0 Å². The number of hydrogen-bond donors (Lipinski definition) is 1. The van der Waals surface area contributed by atoms with Crippen molar-refractivity contribution >= 4 is 22.9 Å². The molecule has 0 aliphatic carbocycles. The number of aromatic nitrogens is 1. The summed E-state index contributed by atoms with van der Waals surface area (Å²) in [7, 11) is 0. The van der Waals surface area contributed by atoms with Gasteiger partial charge in [-0.2, -0.15) is 0 Å².